The number of anilines is 1. The van der Waals surface area contributed by atoms with Crippen molar-refractivity contribution in [2.45, 2.75) is 24.4 Å². The van der Waals surface area contributed by atoms with Gasteiger partial charge in [-0.15, -0.1) is 6.58 Å². The van der Waals surface area contributed by atoms with Crippen LogP contribution in [0.25, 0.3) is 0 Å². The Kier molecular flexibility index (Phi) is 3.91. The van der Waals surface area contributed by atoms with Crippen molar-refractivity contribution in [3.05, 3.63) is 34.9 Å². The molecule has 0 spiro atoms. The van der Waals surface area contributed by atoms with Crippen LogP contribution >= 0.6 is 0 Å². The van der Waals surface area contributed by atoms with E-state index in [1.807, 2.05) is 0 Å². The third-order valence-corrected chi connectivity index (χ3v) is 3.37. The second-order valence-corrected chi connectivity index (χ2v) is 4.62. The van der Waals surface area contributed by atoms with E-state index in [1.165, 1.54) is 6.20 Å². The molecule has 1 aromatic rings. The zero-order chi connectivity index (χ0) is 14.9. The van der Waals surface area contributed by atoms with Crippen LogP contribution in [0.2, 0.25) is 0 Å². The predicted octanol–water partition coefficient (Wildman–Crippen LogP) is -2.05. The molecule has 8 heteroatoms. The highest BCUT2D eigenvalue weighted by atomic mass is 16.6. The molecule has 2 heterocycles. The van der Waals surface area contributed by atoms with E-state index in [-0.39, 0.29) is 12.4 Å². The van der Waals surface area contributed by atoms with Crippen LogP contribution in [-0.4, -0.2) is 50.3 Å². The Bertz CT molecular complexity index is 573. The van der Waals surface area contributed by atoms with Gasteiger partial charge in [0.25, 0.3) is 0 Å². The number of nitrogens with two attached hydrogens (primary N) is 1. The molecule has 1 aliphatic rings. The van der Waals surface area contributed by atoms with Crippen LogP contribution in [0.3, 0.4) is 0 Å². The van der Waals surface area contributed by atoms with Crippen LogP contribution in [0.4, 0.5) is 5.82 Å². The van der Waals surface area contributed by atoms with Crippen molar-refractivity contribution >= 4 is 5.82 Å². The number of ether oxygens (including phenoxy) is 1. The minimum Gasteiger partial charge on any atom is -0.391 e. The van der Waals surface area contributed by atoms with Gasteiger partial charge in [-0.05, 0) is 6.42 Å². The maximum atomic E-state index is 12.0. The molecule has 8 nitrogen and oxygen atoms in total. The van der Waals surface area contributed by atoms with Crippen molar-refractivity contribution in [2.75, 3.05) is 18.9 Å². The van der Waals surface area contributed by atoms with Gasteiger partial charge in [-0.2, -0.15) is 4.98 Å². The summed E-state index contributed by atoms with van der Waals surface area (Å²) in [6.45, 7) is 2.68. The Balaban J connectivity index is 2.58. The van der Waals surface area contributed by atoms with Gasteiger partial charge in [-0.25, -0.2) is 4.79 Å². The Labute approximate surface area is 114 Å². The average molecular weight is 283 g/mol. The number of hydrogen-bond acceptors (Lipinski definition) is 7. The van der Waals surface area contributed by atoms with Gasteiger partial charge in [0.15, 0.2) is 0 Å². The summed E-state index contributed by atoms with van der Waals surface area (Å²) >= 11 is 0. The molecule has 0 bridgehead atoms. The summed E-state index contributed by atoms with van der Waals surface area (Å²) in [7, 11) is 0. The second kappa shape index (κ2) is 5.33. The van der Waals surface area contributed by atoms with Gasteiger partial charge >= 0.3 is 5.69 Å². The highest BCUT2D eigenvalue weighted by molar-refractivity contribution is 5.38. The van der Waals surface area contributed by atoms with Crippen molar-refractivity contribution in [3.8, 4) is 0 Å². The third-order valence-electron chi connectivity index (χ3n) is 3.37. The lowest BCUT2D eigenvalue weighted by Gasteiger charge is -2.31. The molecule has 20 heavy (non-hydrogen) atoms. The largest absolute Gasteiger partial charge is 0.391 e. The predicted molar refractivity (Wildman–Crippen MR) is 69.8 cm³/mol. The van der Waals surface area contributed by atoms with Gasteiger partial charge in [-0.3, -0.25) is 4.57 Å². The number of aliphatic hydroxyl groups is 3. The molecule has 0 amide bonds. The molecular weight excluding hydrogens is 266 g/mol. The van der Waals surface area contributed by atoms with Crippen LogP contribution < -0.4 is 11.4 Å². The first-order chi connectivity index (χ1) is 9.46. The molecule has 1 aliphatic heterocycles. The zero-order valence-electron chi connectivity index (χ0n) is 10.8. The van der Waals surface area contributed by atoms with Crippen molar-refractivity contribution in [2.24, 2.45) is 0 Å². The summed E-state index contributed by atoms with van der Waals surface area (Å²) < 4.78 is 6.22. The molecular formula is C12H17N3O5. The van der Waals surface area contributed by atoms with Gasteiger partial charge in [0.05, 0.1) is 13.2 Å². The van der Waals surface area contributed by atoms with Crippen LogP contribution in [-0.2, 0) is 16.9 Å². The number of aromatic nitrogens is 2. The summed E-state index contributed by atoms with van der Waals surface area (Å²) in [5, 5.41) is 29.1. The van der Waals surface area contributed by atoms with E-state index in [4.69, 9.17) is 10.5 Å². The minimum absolute atomic E-state index is 0.0484. The average Bonchev–Trinajstić information content (AvgIpc) is 2.71. The van der Waals surface area contributed by atoms with E-state index >= 15 is 0 Å². The first-order valence-corrected chi connectivity index (χ1v) is 6.06. The van der Waals surface area contributed by atoms with E-state index in [2.05, 4.69) is 11.6 Å². The minimum atomic E-state index is -1.76. The number of allylic oxidation sites excluding steroid dienone is 1. The smallest absolute Gasteiger partial charge is 0.352 e. The summed E-state index contributed by atoms with van der Waals surface area (Å²) in [5.74, 6) is 0.0484. The second-order valence-electron chi connectivity index (χ2n) is 4.62. The van der Waals surface area contributed by atoms with Gasteiger partial charge in [0.2, 0.25) is 5.72 Å². The molecule has 1 aromatic heterocycles. The van der Waals surface area contributed by atoms with E-state index < -0.39 is 30.2 Å². The monoisotopic (exact) mass is 283 g/mol. The summed E-state index contributed by atoms with van der Waals surface area (Å²) in [5.41, 5.74) is 3.60. The fourth-order valence-electron chi connectivity index (χ4n) is 2.22. The number of hydrogen-bond donors (Lipinski definition) is 4. The Morgan fingerprint density at radius 1 is 1.65 bits per heavy atom. The van der Waals surface area contributed by atoms with Gasteiger partial charge in [0.1, 0.15) is 18.0 Å². The molecule has 3 atom stereocenters. The highest BCUT2D eigenvalue weighted by Crippen LogP contribution is 2.30. The quantitative estimate of drug-likeness (QED) is 0.468. The molecule has 0 aromatic carbocycles. The first kappa shape index (κ1) is 14.7. The topological polar surface area (TPSA) is 131 Å². The molecule has 110 valence electrons. The normalized spacial score (nSPS) is 29.6. The Morgan fingerprint density at radius 2 is 2.35 bits per heavy atom. The maximum absolute atomic E-state index is 12.0. The molecule has 2 rings (SSSR count). The van der Waals surface area contributed by atoms with Crippen LogP contribution in [0.15, 0.2) is 23.6 Å². The van der Waals surface area contributed by atoms with Crippen molar-refractivity contribution in [1.29, 1.82) is 0 Å². The lowest BCUT2D eigenvalue weighted by atomic mass is 10.1. The van der Waals surface area contributed by atoms with Crippen LogP contribution in [0, 0.1) is 0 Å². The van der Waals surface area contributed by atoms with E-state index in [0.29, 0.717) is 12.0 Å². The van der Waals surface area contributed by atoms with E-state index in [0.717, 1.165) is 4.57 Å². The van der Waals surface area contributed by atoms with Crippen LogP contribution in [0.1, 0.15) is 5.56 Å². The molecule has 0 aliphatic carbocycles. The van der Waals surface area contributed by atoms with Crippen LogP contribution in [0.5, 0.6) is 0 Å². The molecule has 0 saturated carbocycles. The molecule has 0 radical (unpaired) electrons. The van der Waals surface area contributed by atoms with E-state index in [9.17, 15) is 20.1 Å². The number of nitrogen functional groups attached to an aromatic ring is 1. The summed E-state index contributed by atoms with van der Waals surface area (Å²) in [4.78, 5) is 15.6. The van der Waals surface area contributed by atoms with Gasteiger partial charge < -0.3 is 25.8 Å². The van der Waals surface area contributed by atoms with Gasteiger partial charge in [0, 0.05) is 11.8 Å². The fraction of sp³-hybridized carbons (Fsp3) is 0.500. The summed E-state index contributed by atoms with van der Waals surface area (Å²) in [6.07, 6.45) is 0.638. The van der Waals surface area contributed by atoms with Gasteiger partial charge in [-0.1, -0.05) is 6.08 Å². The molecule has 5 N–H and O–H groups in total. The van der Waals surface area contributed by atoms with Crippen molar-refractivity contribution in [3.63, 3.8) is 0 Å². The molecule has 0 unspecified atom stereocenters. The fourth-order valence-corrected chi connectivity index (χ4v) is 2.22. The number of rotatable bonds is 4. The first-order valence-electron chi connectivity index (χ1n) is 6.06. The Hall–Kier alpha value is -1.74. The SMILES string of the molecule is C=CCc1cn([C@@]2(CO)OC[C@H](O)[C@H]2O)c(=O)nc1N. The molecule has 1 saturated heterocycles. The standard InChI is InChI=1S/C12H17N3O5/c1-2-3-7-4-15(11(19)14-10(7)13)12(6-16)9(18)8(17)5-20-12/h2,4,8-9,16-18H,1,3,5-6H2,(H2,13,14,19)/t8-,9+,12-/m0/s1. The maximum Gasteiger partial charge on any atom is 0.352 e. The van der Waals surface area contributed by atoms with Crippen molar-refractivity contribution < 1.29 is 20.1 Å². The highest BCUT2D eigenvalue weighted by Gasteiger charge is 2.51. The number of nitrogens with zero attached hydrogens (tertiary/aromatic N) is 2. The van der Waals surface area contributed by atoms with Crippen molar-refractivity contribution in [1.82, 2.24) is 9.55 Å². The lowest BCUT2D eigenvalue weighted by molar-refractivity contribution is -0.154. The zero-order valence-corrected chi connectivity index (χ0v) is 10.8. The summed E-state index contributed by atoms with van der Waals surface area (Å²) in [6, 6.07) is 0. The molecule has 1 fully saturated rings. The number of aliphatic hydroxyl groups excluding tert-OH is 3. The third kappa shape index (κ3) is 2.12. The van der Waals surface area contributed by atoms with E-state index in [1.54, 1.807) is 6.08 Å². The lowest BCUT2D eigenvalue weighted by Crippen LogP contribution is -2.53. The Morgan fingerprint density at radius 3 is 2.85 bits per heavy atom.